The summed E-state index contributed by atoms with van der Waals surface area (Å²) in [6, 6.07) is 10.1. The first kappa shape index (κ1) is 14.0. The summed E-state index contributed by atoms with van der Waals surface area (Å²) in [7, 11) is 0. The molecule has 21 heavy (non-hydrogen) atoms. The Hall–Kier alpha value is -1.94. The fraction of sp³-hybridized carbons (Fsp3) is 0.250. The number of pyridine rings is 1. The normalized spacial score (nSPS) is 15.5. The van der Waals surface area contributed by atoms with Crippen molar-refractivity contribution in [3.63, 3.8) is 0 Å². The maximum atomic E-state index is 13.3. The van der Waals surface area contributed by atoms with Crippen molar-refractivity contribution in [2.45, 2.75) is 18.3 Å². The molecular weight excluding hydrogens is 291 g/mol. The molecule has 1 heterocycles. The molecule has 0 saturated heterocycles. The molecule has 0 spiro atoms. The first-order chi connectivity index (χ1) is 10.1. The van der Waals surface area contributed by atoms with Gasteiger partial charge in [-0.2, -0.15) is 0 Å². The first-order valence-electron chi connectivity index (χ1n) is 6.75. The molecule has 1 aliphatic carbocycles. The molecule has 1 fully saturated rings. The highest BCUT2D eigenvalue weighted by Gasteiger charge is 2.44. The van der Waals surface area contributed by atoms with Gasteiger partial charge in [0.05, 0.1) is 16.8 Å². The molecule has 5 heteroatoms. The van der Waals surface area contributed by atoms with E-state index in [2.05, 4.69) is 22.4 Å². The molecule has 3 rings (SSSR count). The Bertz CT molecular complexity index is 671. The number of amides is 1. The maximum Gasteiger partial charge on any atom is 0.254 e. The summed E-state index contributed by atoms with van der Waals surface area (Å²) in [6.07, 6.45) is 4.34. The highest BCUT2D eigenvalue weighted by molar-refractivity contribution is 6.33. The summed E-state index contributed by atoms with van der Waals surface area (Å²) < 4.78 is 13.3. The highest BCUT2D eigenvalue weighted by atomic mass is 35.5. The van der Waals surface area contributed by atoms with Crippen molar-refractivity contribution in [3.05, 3.63) is 64.7 Å². The van der Waals surface area contributed by atoms with Crippen LogP contribution in [0.3, 0.4) is 0 Å². The molecule has 1 amide bonds. The summed E-state index contributed by atoms with van der Waals surface area (Å²) in [6.45, 7) is 0.517. The molecule has 1 aromatic carbocycles. The number of benzene rings is 1. The average Bonchev–Trinajstić information content (AvgIpc) is 3.30. The van der Waals surface area contributed by atoms with E-state index in [1.54, 1.807) is 0 Å². The Morgan fingerprint density at radius 2 is 2.00 bits per heavy atom. The second kappa shape index (κ2) is 5.45. The Kier molecular flexibility index (Phi) is 3.64. The van der Waals surface area contributed by atoms with Crippen LogP contribution in [0.15, 0.2) is 42.7 Å². The van der Waals surface area contributed by atoms with E-state index >= 15 is 0 Å². The minimum Gasteiger partial charge on any atom is -0.351 e. The molecule has 1 aliphatic rings. The number of aromatic nitrogens is 1. The fourth-order valence-corrected chi connectivity index (χ4v) is 2.62. The number of halogens is 2. The van der Waals surface area contributed by atoms with Crippen molar-refractivity contribution >= 4 is 17.5 Å². The predicted molar refractivity (Wildman–Crippen MR) is 78.9 cm³/mol. The standard InChI is InChI=1S/C16H14ClFN2O/c17-14-12(8-19-9-13(14)18)15(21)20-10-16(6-7-16)11-4-2-1-3-5-11/h1-5,8-9H,6-7,10H2,(H,20,21). The number of hydrogen-bond acceptors (Lipinski definition) is 2. The Morgan fingerprint density at radius 1 is 1.29 bits per heavy atom. The van der Waals surface area contributed by atoms with Crippen molar-refractivity contribution in [1.82, 2.24) is 10.3 Å². The van der Waals surface area contributed by atoms with Gasteiger partial charge in [0.15, 0.2) is 5.82 Å². The first-order valence-corrected chi connectivity index (χ1v) is 7.13. The van der Waals surface area contributed by atoms with Crippen LogP contribution in [0.4, 0.5) is 4.39 Å². The topological polar surface area (TPSA) is 42.0 Å². The van der Waals surface area contributed by atoms with Crippen LogP contribution in [0.25, 0.3) is 0 Å². The zero-order chi connectivity index (χ0) is 14.9. The monoisotopic (exact) mass is 304 g/mol. The number of carbonyl (C=O) groups excluding carboxylic acids is 1. The average molecular weight is 305 g/mol. The molecule has 0 aliphatic heterocycles. The Labute approximate surface area is 127 Å². The van der Waals surface area contributed by atoms with Crippen LogP contribution in [-0.4, -0.2) is 17.4 Å². The van der Waals surface area contributed by atoms with Gasteiger partial charge >= 0.3 is 0 Å². The van der Waals surface area contributed by atoms with E-state index in [0.717, 1.165) is 19.0 Å². The third-order valence-corrected chi connectivity index (χ3v) is 4.29. The van der Waals surface area contributed by atoms with Gasteiger partial charge in [-0.15, -0.1) is 0 Å². The minimum atomic E-state index is -0.687. The van der Waals surface area contributed by atoms with Gasteiger partial charge < -0.3 is 5.32 Å². The summed E-state index contributed by atoms with van der Waals surface area (Å²) in [5.74, 6) is -1.08. The zero-order valence-electron chi connectivity index (χ0n) is 11.3. The molecule has 0 unspecified atom stereocenters. The predicted octanol–water partition coefficient (Wildman–Crippen LogP) is 3.34. The number of hydrogen-bond donors (Lipinski definition) is 1. The summed E-state index contributed by atoms with van der Waals surface area (Å²) >= 11 is 5.79. The van der Waals surface area contributed by atoms with Crippen molar-refractivity contribution in [1.29, 1.82) is 0 Å². The smallest absolute Gasteiger partial charge is 0.254 e. The van der Waals surface area contributed by atoms with Crippen LogP contribution >= 0.6 is 11.6 Å². The molecule has 3 nitrogen and oxygen atoms in total. The van der Waals surface area contributed by atoms with Crippen LogP contribution < -0.4 is 5.32 Å². The number of nitrogens with zero attached hydrogens (tertiary/aromatic N) is 1. The number of rotatable bonds is 4. The van der Waals surface area contributed by atoms with Crippen LogP contribution in [0.2, 0.25) is 5.02 Å². The van der Waals surface area contributed by atoms with Gasteiger partial charge in [0.1, 0.15) is 0 Å². The van der Waals surface area contributed by atoms with E-state index in [0.29, 0.717) is 6.54 Å². The lowest BCUT2D eigenvalue weighted by molar-refractivity contribution is 0.0949. The lowest BCUT2D eigenvalue weighted by atomic mass is 9.96. The second-order valence-electron chi connectivity index (χ2n) is 5.31. The van der Waals surface area contributed by atoms with E-state index in [9.17, 15) is 9.18 Å². The van der Waals surface area contributed by atoms with Gasteiger partial charge in [-0.25, -0.2) is 4.39 Å². The van der Waals surface area contributed by atoms with Gasteiger partial charge in [0, 0.05) is 18.2 Å². The van der Waals surface area contributed by atoms with Crippen LogP contribution in [0.5, 0.6) is 0 Å². The molecule has 1 N–H and O–H groups in total. The largest absolute Gasteiger partial charge is 0.351 e. The van der Waals surface area contributed by atoms with E-state index < -0.39 is 11.7 Å². The van der Waals surface area contributed by atoms with Crippen LogP contribution in [0.1, 0.15) is 28.8 Å². The van der Waals surface area contributed by atoms with Crippen molar-refractivity contribution in [3.8, 4) is 0 Å². The van der Waals surface area contributed by atoms with Crippen LogP contribution in [0, 0.1) is 5.82 Å². The molecular formula is C16H14ClFN2O. The number of carbonyl (C=O) groups is 1. The Balaban J connectivity index is 1.71. The van der Waals surface area contributed by atoms with E-state index in [1.807, 2.05) is 18.2 Å². The molecule has 0 atom stereocenters. The number of nitrogens with one attached hydrogen (secondary N) is 1. The van der Waals surface area contributed by atoms with E-state index in [1.165, 1.54) is 11.8 Å². The molecule has 0 bridgehead atoms. The zero-order valence-corrected chi connectivity index (χ0v) is 12.0. The van der Waals surface area contributed by atoms with E-state index in [4.69, 9.17) is 11.6 Å². The van der Waals surface area contributed by atoms with Gasteiger partial charge in [-0.3, -0.25) is 9.78 Å². The lowest BCUT2D eigenvalue weighted by Gasteiger charge is -2.16. The molecule has 108 valence electrons. The van der Waals surface area contributed by atoms with E-state index in [-0.39, 0.29) is 16.0 Å². The summed E-state index contributed by atoms with van der Waals surface area (Å²) in [5, 5.41) is 2.65. The van der Waals surface area contributed by atoms with Gasteiger partial charge in [-0.1, -0.05) is 41.9 Å². The molecule has 0 radical (unpaired) electrons. The SMILES string of the molecule is O=C(NCC1(c2ccccc2)CC1)c1cncc(F)c1Cl. The molecule has 1 aromatic heterocycles. The van der Waals surface area contributed by atoms with Crippen molar-refractivity contribution in [2.75, 3.05) is 6.54 Å². The third kappa shape index (κ3) is 2.76. The van der Waals surface area contributed by atoms with Crippen LogP contribution in [-0.2, 0) is 5.41 Å². The second-order valence-corrected chi connectivity index (χ2v) is 5.69. The van der Waals surface area contributed by atoms with Gasteiger partial charge in [0.25, 0.3) is 5.91 Å². The summed E-state index contributed by atoms with van der Waals surface area (Å²) in [4.78, 5) is 15.8. The minimum absolute atomic E-state index is 0.00412. The Morgan fingerprint density at radius 3 is 2.67 bits per heavy atom. The van der Waals surface area contributed by atoms with Crippen molar-refractivity contribution in [2.24, 2.45) is 0 Å². The quantitative estimate of drug-likeness (QED) is 0.941. The summed E-state index contributed by atoms with van der Waals surface area (Å²) in [5.41, 5.74) is 1.29. The highest BCUT2D eigenvalue weighted by Crippen LogP contribution is 2.47. The lowest BCUT2D eigenvalue weighted by Crippen LogP contribution is -2.32. The van der Waals surface area contributed by atoms with Gasteiger partial charge in [0.2, 0.25) is 0 Å². The van der Waals surface area contributed by atoms with Crippen molar-refractivity contribution < 1.29 is 9.18 Å². The van der Waals surface area contributed by atoms with Gasteiger partial charge in [-0.05, 0) is 18.4 Å². The third-order valence-electron chi connectivity index (χ3n) is 3.91. The fourth-order valence-electron chi connectivity index (χ4n) is 2.43. The maximum absolute atomic E-state index is 13.3. The molecule has 2 aromatic rings. The molecule has 1 saturated carbocycles.